The van der Waals surface area contributed by atoms with Gasteiger partial charge in [-0.25, -0.2) is 4.79 Å². The number of aldehydes is 1. The molecule has 0 radical (unpaired) electrons. The van der Waals surface area contributed by atoms with Crippen LogP contribution in [0.1, 0.15) is 94.3 Å². The Morgan fingerprint density at radius 3 is 1.56 bits per heavy atom. The quantitative estimate of drug-likeness (QED) is 0.115. The fourth-order valence-electron chi connectivity index (χ4n) is 3.78. The molecule has 0 unspecified atom stereocenters. The second kappa shape index (κ2) is 20.5. The van der Waals surface area contributed by atoms with Crippen molar-refractivity contribution in [3.8, 4) is 0 Å². The number of rotatable bonds is 13. The fraction of sp³-hybridized carbons (Fsp3) is 0.808. The molecule has 0 amide bonds. The van der Waals surface area contributed by atoms with Gasteiger partial charge in [0, 0.05) is 11.5 Å². The number of carbonyl (C=O) groups is 3. The first-order valence-corrected chi connectivity index (χ1v) is 14.7. The van der Waals surface area contributed by atoms with E-state index < -0.39 is 13.6 Å². The predicted octanol–water partition coefficient (Wildman–Crippen LogP) is 3.38. The van der Waals surface area contributed by atoms with Crippen LogP contribution in [0, 0.1) is 10.8 Å². The topological polar surface area (TPSA) is 105 Å². The Morgan fingerprint density at radius 2 is 1.28 bits per heavy atom. The van der Waals surface area contributed by atoms with Crippen LogP contribution in [0.2, 0.25) is 0 Å². The zero-order chi connectivity index (χ0) is 26.8. The van der Waals surface area contributed by atoms with Crippen molar-refractivity contribution < 1.29 is 68.5 Å². The van der Waals surface area contributed by atoms with Gasteiger partial charge in [0.2, 0.25) is 0 Å². The molecular formula is C26H48NaO8P. The van der Waals surface area contributed by atoms with E-state index in [2.05, 4.69) is 18.6 Å². The van der Waals surface area contributed by atoms with E-state index in [1.165, 1.54) is 25.7 Å². The maximum Gasteiger partial charge on any atom is 1.00 e. The van der Waals surface area contributed by atoms with Crippen LogP contribution in [-0.4, -0.2) is 50.8 Å². The van der Waals surface area contributed by atoms with Crippen LogP contribution >= 0.6 is 7.60 Å². The fourth-order valence-corrected chi connectivity index (χ4v) is 5.23. The molecule has 8 nitrogen and oxygen atoms in total. The van der Waals surface area contributed by atoms with Gasteiger partial charge in [0.25, 0.3) is 0 Å². The Morgan fingerprint density at radius 1 is 0.806 bits per heavy atom. The van der Waals surface area contributed by atoms with E-state index in [1.54, 1.807) is 26.8 Å². The first-order valence-electron chi connectivity index (χ1n) is 13.0. The SMILES string of the molecule is CCC1(C=O)CCC1.CCOC(=O)/C=C/C1(CC)CCC1.CCOC(=O)CP(=O)(OCC)OCC.[H-].[Na+]. The van der Waals surface area contributed by atoms with E-state index in [1.807, 2.05) is 13.0 Å². The molecule has 2 fully saturated rings. The third-order valence-electron chi connectivity index (χ3n) is 6.50. The van der Waals surface area contributed by atoms with Gasteiger partial charge in [-0.3, -0.25) is 9.36 Å². The third-order valence-corrected chi connectivity index (χ3v) is 8.44. The largest absolute Gasteiger partial charge is 1.00 e. The molecule has 2 saturated carbocycles. The Bertz CT molecular complexity index is 688. The minimum absolute atomic E-state index is 0. The summed E-state index contributed by atoms with van der Waals surface area (Å²) in [5.41, 5.74) is 0.437. The zero-order valence-electron chi connectivity index (χ0n) is 24.6. The maximum atomic E-state index is 11.8. The molecule has 0 aliphatic heterocycles. The molecule has 2 aliphatic carbocycles. The van der Waals surface area contributed by atoms with Crippen LogP contribution in [0.4, 0.5) is 0 Å². The molecule has 0 aromatic heterocycles. The van der Waals surface area contributed by atoms with Gasteiger partial charge >= 0.3 is 49.1 Å². The standard InChI is InChI=1S/C11H18O2.C8H17O5P.C7H12O.Na.H/c1-3-11(7-5-8-11)9-6-10(12)13-4-2;1-4-11-8(9)7-14(10,12-5-2)13-6-3;1-2-7(6-8)4-3-5-7;;/h6,9H,3-5,7-8H2,1-2H3;4-7H2,1-3H3;6H,2-5H2,1H3;;/q;;;+1;-1/b9-6+;;;;. The molecule has 36 heavy (non-hydrogen) atoms. The van der Waals surface area contributed by atoms with Crippen LogP contribution in [-0.2, 0) is 37.5 Å². The summed E-state index contributed by atoms with van der Waals surface area (Å²) in [5, 5.41) is 0. The Balaban J connectivity index is -0.000000470. The first kappa shape index (κ1) is 37.7. The minimum Gasteiger partial charge on any atom is -1.00 e. The summed E-state index contributed by atoms with van der Waals surface area (Å²) in [6.45, 7) is 12.4. The van der Waals surface area contributed by atoms with Crippen molar-refractivity contribution in [3.63, 3.8) is 0 Å². The van der Waals surface area contributed by atoms with Crippen molar-refractivity contribution in [3.05, 3.63) is 12.2 Å². The number of allylic oxidation sites excluding steroid dienone is 1. The van der Waals surface area contributed by atoms with E-state index in [4.69, 9.17) is 13.8 Å². The Kier molecular flexibility index (Phi) is 21.4. The number of hydrogen-bond acceptors (Lipinski definition) is 8. The summed E-state index contributed by atoms with van der Waals surface area (Å²) in [6, 6.07) is 0. The van der Waals surface area contributed by atoms with Crippen LogP contribution in [0.15, 0.2) is 12.2 Å². The minimum atomic E-state index is -3.28. The molecule has 2 aliphatic rings. The molecule has 0 aromatic rings. The Hall–Kier alpha value is -0.500. The van der Waals surface area contributed by atoms with Gasteiger partial charge in [-0.1, -0.05) is 32.8 Å². The zero-order valence-corrected chi connectivity index (χ0v) is 26.5. The van der Waals surface area contributed by atoms with Gasteiger partial charge in [0.05, 0.1) is 26.4 Å². The van der Waals surface area contributed by atoms with Crippen molar-refractivity contribution in [2.24, 2.45) is 10.8 Å². The summed E-state index contributed by atoms with van der Waals surface area (Å²) in [7, 11) is -3.28. The molecule has 0 heterocycles. The van der Waals surface area contributed by atoms with E-state index in [0.29, 0.717) is 12.0 Å². The van der Waals surface area contributed by atoms with Crippen LogP contribution in [0.5, 0.6) is 0 Å². The number of esters is 2. The molecule has 0 bridgehead atoms. The van der Waals surface area contributed by atoms with Crippen LogP contribution in [0.3, 0.4) is 0 Å². The summed E-state index contributed by atoms with van der Waals surface area (Å²) in [6.07, 6.45) is 13.9. The van der Waals surface area contributed by atoms with Crippen LogP contribution in [0.25, 0.3) is 0 Å². The summed E-state index contributed by atoms with van der Waals surface area (Å²) in [5.74, 6) is -0.764. The van der Waals surface area contributed by atoms with Crippen molar-refractivity contribution >= 4 is 25.8 Å². The number of carbonyl (C=O) groups excluding carboxylic acids is 3. The summed E-state index contributed by atoms with van der Waals surface area (Å²) >= 11 is 0. The maximum absolute atomic E-state index is 11.8. The average molecular weight is 543 g/mol. The number of hydrogen-bond donors (Lipinski definition) is 0. The van der Waals surface area contributed by atoms with Gasteiger partial charge < -0.3 is 24.7 Å². The van der Waals surface area contributed by atoms with Crippen molar-refractivity contribution in [1.29, 1.82) is 0 Å². The van der Waals surface area contributed by atoms with Gasteiger partial charge in [-0.15, -0.1) is 0 Å². The van der Waals surface area contributed by atoms with E-state index in [-0.39, 0.29) is 68.4 Å². The van der Waals surface area contributed by atoms with Crippen molar-refractivity contribution in [1.82, 2.24) is 0 Å². The van der Waals surface area contributed by atoms with Crippen LogP contribution < -0.4 is 29.6 Å². The van der Waals surface area contributed by atoms with E-state index >= 15 is 0 Å². The number of ether oxygens (including phenoxy) is 2. The second-order valence-electron chi connectivity index (χ2n) is 8.75. The molecule has 2 rings (SSSR count). The molecule has 10 heteroatoms. The predicted molar refractivity (Wildman–Crippen MR) is 138 cm³/mol. The summed E-state index contributed by atoms with van der Waals surface area (Å²) in [4.78, 5) is 32.4. The van der Waals surface area contributed by atoms with Gasteiger partial charge in [0.1, 0.15) is 12.4 Å². The van der Waals surface area contributed by atoms with E-state index in [9.17, 15) is 18.9 Å². The normalized spacial score (nSPS) is 16.9. The van der Waals surface area contributed by atoms with Gasteiger partial charge in [-0.05, 0) is 71.6 Å². The molecular weight excluding hydrogens is 494 g/mol. The molecule has 0 aromatic carbocycles. The third kappa shape index (κ3) is 14.4. The molecule has 0 atom stereocenters. The summed E-state index contributed by atoms with van der Waals surface area (Å²) < 4.78 is 31.1. The smallest absolute Gasteiger partial charge is 1.00 e. The Labute approximate surface area is 241 Å². The monoisotopic (exact) mass is 542 g/mol. The van der Waals surface area contributed by atoms with Gasteiger partial charge in [-0.2, -0.15) is 0 Å². The molecule has 0 N–H and O–H groups in total. The molecule has 206 valence electrons. The second-order valence-corrected chi connectivity index (χ2v) is 10.8. The molecule has 0 spiro atoms. The van der Waals surface area contributed by atoms with Crippen molar-refractivity contribution in [2.75, 3.05) is 32.6 Å². The average Bonchev–Trinajstić information content (AvgIpc) is 2.75. The van der Waals surface area contributed by atoms with Gasteiger partial charge in [0.15, 0.2) is 0 Å². The molecule has 0 saturated heterocycles. The van der Waals surface area contributed by atoms with Crippen molar-refractivity contribution in [2.45, 2.75) is 92.9 Å². The van der Waals surface area contributed by atoms with E-state index in [0.717, 1.165) is 32.0 Å². The first-order chi connectivity index (χ1) is 16.6.